The summed E-state index contributed by atoms with van der Waals surface area (Å²) in [6.45, 7) is 0. The lowest BCUT2D eigenvalue weighted by molar-refractivity contribution is 0.775. The fraction of sp³-hybridized carbons (Fsp3) is 0.0164. The quantitative estimate of drug-likeness (QED) is 0.168. The van der Waals surface area contributed by atoms with Gasteiger partial charge in [0.2, 0.25) is 0 Å². The van der Waals surface area contributed by atoms with Gasteiger partial charge in [-0.2, -0.15) is 0 Å². The van der Waals surface area contributed by atoms with Gasteiger partial charge in [0.1, 0.15) is 0 Å². The molecule has 63 heavy (non-hydrogen) atoms. The number of hydrogen-bond donors (Lipinski definition) is 0. The Kier molecular flexibility index (Phi) is 7.85. The lowest BCUT2D eigenvalue weighted by Gasteiger charge is -2.36. The molecule has 0 aliphatic heterocycles. The van der Waals surface area contributed by atoms with Crippen LogP contribution in [-0.2, 0) is 5.41 Å². The zero-order valence-electron chi connectivity index (χ0n) is 34.5. The van der Waals surface area contributed by atoms with Crippen LogP contribution >= 0.6 is 0 Å². The number of fused-ring (bicyclic) bond motifs is 15. The number of rotatable bonds is 5. The standard InChI is InChI=1S/C61H40N2/c1-3-17-41(18-4-1)42-31-33-44(34-32-42)62(46-36-38-60-54(40-46)52-26-12-16-30-59(52)63(60)43-19-5-2-6-20-43)45-35-37-58-53(39-45)48-22-8-7-21-47(48)49-23-9-13-27-55(49)61(58)56-28-14-10-24-50(56)51-25-11-15-29-57(51)61/h1-40H. The smallest absolute Gasteiger partial charge is 0.0725 e. The summed E-state index contributed by atoms with van der Waals surface area (Å²) in [7, 11) is 0. The minimum Gasteiger partial charge on any atom is -0.310 e. The average molecular weight is 801 g/mol. The first kappa shape index (κ1) is 35.5. The van der Waals surface area contributed by atoms with Crippen LogP contribution in [0.3, 0.4) is 0 Å². The second-order valence-electron chi connectivity index (χ2n) is 16.8. The molecule has 0 bridgehead atoms. The van der Waals surface area contributed by atoms with Crippen molar-refractivity contribution in [3.63, 3.8) is 0 Å². The molecule has 10 aromatic carbocycles. The van der Waals surface area contributed by atoms with E-state index in [1.165, 1.54) is 88.6 Å². The highest BCUT2D eigenvalue weighted by Gasteiger charge is 2.49. The Morgan fingerprint density at radius 3 is 1.40 bits per heavy atom. The van der Waals surface area contributed by atoms with E-state index in [0.29, 0.717) is 0 Å². The number of anilines is 3. The van der Waals surface area contributed by atoms with Gasteiger partial charge in [0, 0.05) is 33.5 Å². The molecule has 0 saturated heterocycles. The van der Waals surface area contributed by atoms with E-state index >= 15 is 0 Å². The van der Waals surface area contributed by atoms with Crippen LogP contribution in [-0.4, -0.2) is 4.57 Å². The van der Waals surface area contributed by atoms with Gasteiger partial charge in [-0.25, -0.2) is 0 Å². The first-order chi connectivity index (χ1) is 31.3. The van der Waals surface area contributed by atoms with Crippen LogP contribution in [0, 0.1) is 0 Å². The number of benzene rings is 10. The van der Waals surface area contributed by atoms with Crippen LogP contribution in [0.25, 0.3) is 72.0 Å². The maximum Gasteiger partial charge on any atom is 0.0725 e. The zero-order valence-corrected chi connectivity index (χ0v) is 34.5. The molecule has 2 heteroatoms. The Morgan fingerprint density at radius 2 is 0.730 bits per heavy atom. The SMILES string of the molecule is c1ccc(-c2ccc(N(c3ccc4c(c3)-c3ccccc3-c3ccccc3C43c4ccccc4-c4ccccc43)c3ccc4c(c3)c3ccccc3n4-c3ccccc3)cc2)cc1. The summed E-state index contributed by atoms with van der Waals surface area (Å²) in [5, 5.41) is 2.44. The summed E-state index contributed by atoms with van der Waals surface area (Å²) in [6.07, 6.45) is 0. The largest absolute Gasteiger partial charge is 0.310 e. The Balaban J connectivity index is 1.09. The van der Waals surface area contributed by atoms with Gasteiger partial charge in [0.25, 0.3) is 0 Å². The van der Waals surface area contributed by atoms with Crippen LogP contribution in [0.15, 0.2) is 243 Å². The molecule has 0 unspecified atom stereocenters. The molecule has 0 amide bonds. The molecule has 0 atom stereocenters. The third-order valence-corrected chi connectivity index (χ3v) is 13.6. The lowest BCUT2D eigenvalue weighted by atomic mass is 9.66. The van der Waals surface area contributed by atoms with Gasteiger partial charge in [-0.05, 0) is 127 Å². The highest BCUT2D eigenvalue weighted by molar-refractivity contribution is 6.11. The summed E-state index contributed by atoms with van der Waals surface area (Å²) >= 11 is 0. The minimum atomic E-state index is -0.531. The summed E-state index contributed by atoms with van der Waals surface area (Å²) in [4.78, 5) is 2.45. The third-order valence-electron chi connectivity index (χ3n) is 13.6. The molecule has 294 valence electrons. The molecule has 11 aromatic rings. The molecule has 0 radical (unpaired) electrons. The second-order valence-corrected chi connectivity index (χ2v) is 16.8. The average Bonchev–Trinajstić information content (AvgIpc) is 3.82. The summed E-state index contributed by atoms with van der Waals surface area (Å²) in [5.41, 5.74) is 21.5. The summed E-state index contributed by atoms with van der Waals surface area (Å²) in [5.74, 6) is 0. The topological polar surface area (TPSA) is 8.17 Å². The molecular weight excluding hydrogens is 761 g/mol. The van der Waals surface area contributed by atoms with Crippen LogP contribution in [0.4, 0.5) is 17.1 Å². The Morgan fingerprint density at radius 1 is 0.286 bits per heavy atom. The van der Waals surface area contributed by atoms with Gasteiger partial charge in [0.15, 0.2) is 0 Å². The Labute approximate surface area is 367 Å². The number of para-hydroxylation sites is 2. The first-order valence-electron chi connectivity index (χ1n) is 21.8. The predicted octanol–water partition coefficient (Wildman–Crippen LogP) is 15.9. The highest BCUT2D eigenvalue weighted by atomic mass is 15.1. The van der Waals surface area contributed by atoms with E-state index in [9.17, 15) is 0 Å². The van der Waals surface area contributed by atoms with E-state index in [0.717, 1.165) is 22.7 Å². The van der Waals surface area contributed by atoms with E-state index in [1.54, 1.807) is 0 Å². The van der Waals surface area contributed by atoms with Crippen LogP contribution in [0.1, 0.15) is 22.3 Å². The predicted molar refractivity (Wildman–Crippen MR) is 263 cm³/mol. The maximum absolute atomic E-state index is 2.47. The molecule has 1 spiro atoms. The lowest BCUT2D eigenvalue weighted by Crippen LogP contribution is -2.29. The molecule has 13 rings (SSSR count). The van der Waals surface area contributed by atoms with Crippen molar-refractivity contribution in [3.8, 4) is 50.2 Å². The van der Waals surface area contributed by atoms with Crippen molar-refractivity contribution in [2.45, 2.75) is 5.41 Å². The Bertz CT molecular complexity index is 3520. The third kappa shape index (κ3) is 5.19. The fourth-order valence-electron chi connectivity index (χ4n) is 11.0. The van der Waals surface area contributed by atoms with Crippen LogP contribution in [0.5, 0.6) is 0 Å². The second kappa shape index (κ2) is 13.9. The van der Waals surface area contributed by atoms with Crippen molar-refractivity contribution in [1.29, 1.82) is 0 Å². The van der Waals surface area contributed by atoms with E-state index < -0.39 is 5.41 Å². The molecule has 0 fully saturated rings. The fourth-order valence-corrected chi connectivity index (χ4v) is 11.0. The molecule has 2 nitrogen and oxygen atoms in total. The molecule has 0 saturated carbocycles. The molecular formula is C61H40N2. The van der Waals surface area contributed by atoms with Crippen molar-refractivity contribution in [3.05, 3.63) is 265 Å². The zero-order chi connectivity index (χ0) is 41.5. The van der Waals surface area contributed by atoms with E-state index in [1.807, 2.05) is 0 Å². The van der Waals surface area contributed by atoms with Gasteiger partial charge >= 0.3 is 0 Å². The number of nitrogens with zero attached hydrogens (tertiary/aromatic N) is 2. The molecule has 1 heterocycles. The molecule has 0 N–H and O–H groups in total. The van der Waals surface area contributed by atoms with E-state index in [2.05, 4.69) is 252 Å². The molecule has 1 aromatic heterocycles. The van der Waals surface area contributed by atoms with Gasteiger partial charge in [0.05, 0.1) is 16.4 Å². The van der Waals surface area contributed by atoms with Crippen molar-refractivity contribution in [2.75, 3.05) is 4.90 Å². The van der Waals surface area contributed by atoms with E-state index in [-0.39, 0.29) is 0 Å². The molecule has 2 aliphatic carbocycles. The highest BCUT2D eigenvalue weighted by Crippen LogP contribution is 2.62. The van der Waals surface area contributed by atoms with Crippen molar-refractivity contribution < 1.29 is 0 Å². The van der Waals surface area contributed by atoms with Gasteiger partial charge < -0.3 is 9.47 Å². The van der Waals surface area contributed by atoms with Crippen LogP contribution in [0.2, 0.25) is 0 Å². The normalized spacial score (nSPS) is 12.9. The van der Waals surface area contributed by atoms with Crippen molar-refractivity contribution in [1.82, 2.24) is 4.57 Å². The van der Waals surface area contributed by atoms with Crippen LogP contribution < -0.4 is 4.90 Å². The monoisotopic (exact) mass is 800 g/mol. The maximum atomic E-state index is 2.47. The number of aromatic nitrogens is 1. The molecule has 2 aliphatic rings. The number of hydrogen-bond acceptors (Lipinski definition) is 1. The first-order valence-corrected chi connectivity index (χ1v) is 21.8. The van der Waals surface area contributed by atoms with Gasteiger partial charge in [-0.15, -0.1) is 0 Å². The summed E-state index contributed by atoms with van der Waals surface area (Å²) in [6, 6.07) is 89.8. The van der Waals surface area contributed by atoms with Gasteiger partial charge in [-0.1, -0.05) is 182 Å². The Hall–Kier alpha value is -8.20. The minimum absolute atomic E-state index is 0.531. The summed E-state index contributed by atoms with van der Waals surface area (Å²) < 4.78 is 2.39. The van der Waals surface area contributed by atoms with Crippen molar-refractivity contribution >= 4 is 38.9 Å². The van der Waals surface area contributed by atoms with Gasteiger partial charge in [-0.3, -0.25) is 0 Å². The van der Waals surface area contributed by atoms with Crippen molar-refractivity contribution in [2.24, 2.45) is 0 Å². The van der Waals surface area contributed by atoms with E-state index in [4.69, 9.17) is 0 Å².